The van der Waals surface area contributed by atoms with Gasteiger partial charge in [0.15, 0.2) is 0 Å². The molecule has 0 spiro atoms. The van der Waals surface area contributed by atoms with Gasteiger partial charge < -0.3 is 8.92 Å². The van der Waals surface area contributed by atoms with Crippen LogP contribution in [0.2, 0.25) is 0 Å². The van der Waals surface area contributed by atoms with Crippen LogP contribution in [0.3, 0.4) is 0 Å². The normalized spacial score (nSPS) is 11.9. The number of ether oxygens (including phenoxy) is 1. The Bertz CT molecular complexity index is 909. The highest BCUT2D eigenvalue weighted by atomic mass is 32.2. The lowest BCUT2D eigenvalue weighted by Crippen LogP contribution is -2.20. The van der Waals surface area contributed by atoms with Crippen molar-refractivity contribution in [2.45, 2.75) is 5.25 Å². The minimum Gasteiger partial charge on any atom is -0.497 e. The van der Waals surface area contributed by atoms with Crippen molar-refractivity contribution in [3.63, 3.8) is 0 Å². The van der Waals surface area contributed by atoms with Gasteiger partial charge in [-0.25, -0.2) is 0 Å². The molecule has 4 nitrogen and oxygen atoms in total. The monoisotopic (exact) mass is 388 g/mol. The summed E-state index contributed by atoms with van der Waals surface area (Å²) < 4.78 is 36.5. The summed E-state index contributed by atoms with van der Waals surface area (Å²) in [6.07, 6.45) is 0. The second-order valence-electron chi connectivity index (χ2n) is 5.45. The Morgan fingerprint density at radius 2 is 1.19 bits per heavy atom. The Morgan fingerprint density at radius 3 is 1.73 bits per heavy atom. The van der Waals surface area contributed by atoms with Crippen molar-refractivity contribution < 1.29 is 17.3 Å². The first-order chi connectivity index (χ1) is 12.1. The summed E-state index contributed by atoms with van der Waals surface area (Å²) in [7, 11) is -2.37. The third kappa shape index (κ3) is 4.59. The topological polar surface area (TPSA) is 52.6 Å². The zero-order chi connectivity index (χ0) is 17.7. The zero-order valence-corrected chi connectivity index (χ0v) is 16.0. The predicted molar refractivity (Wildman–Crippen MR) is 108 cm³/mol. The first-order valence-corrected chi connectivity index (χ1v) is 9.24. The first kappa shape index (κ1) is 19.9. The number of hydrogen-bond acceptors (Lipinski definition) is 4. The fourth-order valence-electron chi connectivity index (χ4n) is 2.59. The van der Waals surface area contributed by atoms with Gasteiger partial charge in [-0.3, -0.25) is 0 Å². The second kappa shape index (κ2) is 8.78. The number of methoxy groups -OCH3 is 1. The molecule has 1 unspecified atom stereocenters. The van der Waals surface area contributed by atoms with Gasteiger partial charge in [0.2, 0.25) is 0 Å². The van der Waals surface area contributed by atoms with Crippen LogP contribution in [0, 0.1) is 0 Å². The predicted octanol–water partition coefficient (Wildman–Crippen LogP) is 4.31. The van der Waals surface area contributed by atoms with Crippen molar-refractivity contribution in [3.8, 4) is 11.5 Å². The van der Waals surface area contributed by atoms with Gasteiger partial charge in [0.1, 0.15) is 16.7 Å². The molecule has 0 aliphatic heterocycles. The molecule has 0 saturated heterocycles. The fraction of sp³-hybridized carbons (Fsp3) is 0.100. The SMILES string of the molecule is COc1ccc(C(c2ccccc2)S(=O)(=O)Oc2ccccc2)cc1.S. The van der Waals surface area contributed by atoms with Crippen molar-refractivity contribution in [1.29, 1.82) is 0 Å². The minimum atomic E-state index is -3.94. The number of benzene rings is 3. The highest BCUT2D eigenvalue weighted by molar-refractivity contribution is 7.87. The van der Waals surface area contributed by atoms with E-state index < -0.39 is 15.4 Å². The van der Waals surface area contributed by atoms with Crippen LogP contribution in [0.1, 0.15) is 16.4 Å². The van der Waals surface area contributed by atoms with Crippen molar-refractivity contribution in [2.24, 2.45) is 0 Å². The van der Waals surface area contributed by atoms with E-state index in [0.717, 1.165) is 0 Å². The van der Waals surface area contributed by atoms with E-state index in [1.165, 1.54) is 0 Å². The van der Waals surface area contributed by atoms with Crippen molar-refractivity contribution in [3.05, 3.63) is 96.1 Å². The molecule has 0 aliphatic carbocycles. The number of hydrogen-bond donors (Lipinski definition) is 0. The molecule has 0 heterocycles. The van der Waals surface area contributed by atoms with E-state index in [4.69, 9.17) is 8.92 Å². The Hall–Kier alpha value is -2.44. The maximum atomic E-state index is 13.0. The molecule has 0 aliphatic rings. The van der Waals surface area contributed by atoms with Crippen LogP contribution >= 0.6 is 13.5 Å². The molecular formula is C20H20O4S2. The van der Waals surface area contributed by atoms with E-state index in [9.17, 15) is 8.42 Å². The first-order valence-electron chi connectivity index (χ1n) is 7.77. The van der Waals surface area contributed by atoms with Crippen LogP contribution < -0.4 is 8.92 Å². The molecule has 1 atom stereocenters. The maximum absolute atomic E-state index is 13.0. The van der Waals surface area contributed by atoms with Gasteiger partial charge in [0.05, 0.1) is 7.11 Å². The Morgan fingerprint density at radius 1 is 0.692 bits per heavy atom. The molecule has 3 aromatic rings. The van der Waals surface area contributed by atoms with E-state index in [0.29, 0.717) is 16.9 Å². The Kier molecular flexibility index (Phi) is 6.71. The average molecular weight is 389 g/mol. The van der Waals surface area contributed by atoms with Gasteiger partial charge >= 0.3 is 10.1 Å². The summed E-state index contributed by atoms with van der Waals surface area (Å²) in [6.45, 7) is 0. The van der Waals surface area contributed by atoms with E-state index >= 15 is 0 Å². The summed E-state index contributed by atoms with van der Waals surface area (Å²) in [5, 5.41) is -0.931. The number of rotatable bonds is 6. The number of para-hydroxylation sites is 1. The third-order valence-electron chi connectivity index (χ3n) is 3.77. The van der Waals surface area contributed by atoms with Gasteiger partial charge in [-0.15, -0.1) is 0 Å². The molecule has 3 aromatic carbocycles. The van der Waals surface area contributed by atoms with Gasteiger partial charge in [-0.2, -0.15) is 21.9 Å². The molecule has 6 heteroatoms. The Labute approximate surface area is 161 Å². The molecular weight excluding hydrogens is 368 g/mol. The van der Waals surface area contributed by atoms with Crippen molar-refractivity contribution >= 4 is 23.6 Å². The van der Waals surface area contributed by atoms with Gasteiger partial charge in [-0.1, -0.05) is 60.7 Å². The van der Waals surface area contributed by atoms with Crippen molar-refractivity contribution in [1.82, 2.24) is 0 Å². The van der Waals surface area contributed by atoms with Crippen LogP contribution in [-0.4, -0.2) is 15.5 Å². The lowest BCUT2D eigenvalue weighted by Gasteiger charge is -2.19. The standard InChI is InChI=1S/C20H18O4S.H2S/c1-23-18-14-12-17(13-15-18)20(16-8-4-2-5-9-16)25(21,22)24-19-10-6-3-7-11-19;/h2-15,20H,1H3;1H2. The second-order valence-corrected chi connectivity index (χ2v) is 7.08. The molecule has 0 fully saturated rings. The summed E-state index contributed by atoms with van der Waals surface area (Å²) in [5.74, 6) is 0.953. The maximum Gasteiger partial charge on any atom is 0.320 e. The van der Waals surface area contributed by atoms with Crippen LogP contribution in [-0.2, 0) is 10.1 Å². The molecule has 26 heavy (non-hydrogen) atoms. The third-order valence-corrected chi connectivity index (χ3v) is 5.31. The van der Waals surface area contributed by atoms with Gasteiger partial charge in [0, 0.05) is 0 Å². The minimum absolute atomic E-state index is 0. The van der Waals surface area contributed by atoms with E-state index in [2.05, 4.69) is 0 Å². The summed E-state index contributed by atoms with van der Waals surface area (Å²) in [5.41, 5.74) is 1.26. The van der Waals surface area contributed by atoms with Crippen LogP contribution in [0.15, 0.2) is 84.9 Å². The fourth-order valence-corrected chi connectivity index (χ4v) is 4.05. The largest absolute Gasteiger partial charge is 0.497 e. The van der Waals surface area contributed by atoms with Crippen molar-refractivity contribution in [2.75, 3.05) is 7.11 Å². The summed E-state index contributed by atoms with van der Waals surface area (Å²) >= 11 is 0. The van der Waals surface area contributed by atoms with Gasteiger partial charge in [-0.05, 0) is 35.4 Å². The van der Waals surface area contributed by atoms with E-state index in [1.807, 2.05) is 18.2 Å². The van der Waals surface area contributed by atoms with E-state index in [-0.39, 0.29) is 19.2 Å². The van der Waals surface area contributed by atoms with E-state index in [1.54, 1.807) is 73.8 Å². The van der Waals surface area contributed by atoms with Gasteiger partial charge in [0.25, 0.3) is 0 Å². The lowest BCUT2D eigenvalue weighted by atomic mass is 10.0. The van der Waals surface area contributed by atoms with Crippen LogP contribution in [0.25, 0.3) is 0 Å². The molecule has 0 amide bonds. The summed E-state index contributed by atoms with van der Waals surface area (Å²) in [6, 6.07) is 24.5. The highest BCUT2D eigenvalue weighted by Gasteiger charge is 2.31. The Balaban J connectivity index is 0.00000243. The highest BCUT2D eigenvalue weighted by Crippen LogP contribution is 2.33. The molecule has 0 bridgehead atoms. The molecule has 0 aromatic heterocycles. The van der Waals surface area contributed by atoms with Crippen LogP contribution in [0.5, 0.6) is 11.5 Å². The molecule has 0 N–H and O–H groups in total. The molecule has 136 valence electrons. The smallest absolute Gasteiger partial charge is 0.320 e. The average Bonchev–Trinajstić information content (AvgIpc) is 2.63. The summed E-state index contributed by atoms with van der Waals surface area (Å²) in [4.78, 5) is 0. The quantitative estimate of drug-likeness (QED) is 0.591. The molecule has 0 saturated carbocycles. The molecule has 3 rings (SSSR count). The molecule has 0 radical (unpaired) electrons. The zero-order valence-electron chi connectivity index (χ0n) is 14.2. The van der Waals surface area contributed by atoms with Crippen LogP contribution in [0.4, 0.5) is 0 Å². The lowest BCUT2D eigenvalue weighted by molar-refractivity contribution is 0.414.